The first-order valence-corrected chi connectivity index (χ1v) is 10.9. The maximum absolute atomic E-state index is 12.9. The second-order valence-corrected chi connectivity index (χ2v) is 9.19. The SMILES string of the molecule is Cc1cccc(C(C)C)c1NC(=O)[C@H](C)N(c1cccc(Cl)c1)S(C)(=O)=O. The van der Waals surface area contributed by atoms with E-state index < -0.39 is 22.0 Å². The van der Waals surface area contributed by atoms with Crippen molar-refractivity contribution in [1.29, 1.82) is 0 Å². The quantitative estimate of drug-likeness (QED) is 0.761. The van der Waals surface area contributed by atoms with Crippen molar-refractivity contribution in [3.63, 3.8) is 0 Å². The summed E-state index contributed by atoms with van der Waals surface area (Å²) in [7, 11) is -3.69. The van der Waals surface area contributed by atoms with Gasteiger partial charge < -0.3 is 5.32 Å². The zero-order valence-electron chi connectivity index (χ0n) is 16.2. The Morgan fingerprint density at radius 1 is 1.11 bits per heavy atom. The van der Waals surface area contributed by atoms with Crippen LogP contribution in [0.15, 0.2) is 42.5 Å². The number of carbonyl (C=O) groups excluding carboxylic acids is 1. The molecule has 2 aromatic rings. The number of halogens is 1. The summed E-state index contributed by atoms with van der Waals surface area (Å²) in [6.07, 6.45) is 1.07. The third-order valence-corrected chi connectivity index (χ3v) is 5.80. The molecule has 0 bridgehead atoms. The molecular weight excluding hydrogens is 384 g/mol. The number of hydrogen-bond acceptors (Lipinski definition) is 3. The molecule has 0 fully saturated rings. The number of nitrogens with one attached hydrogen (secondary N) is 1. The van der Waals surface area contributed by atoms with Gasteiger partial charge in [0.25, 0.3) is 0 Å². The molecule has 5 nitrogen and oxygen atoms in total. The first-order chi connectivity index (χ1) is 12.5. The average Bonchev–Trinajstić information content (AvgIpc) is 2.55. The summed E-state index contributed by atoms with van der Waals surface area (Å²) in [6.45, 7) is 7.56. The summed E-state index contributed by atoms with van der Waals surface area (Å²) in [6, 6.07) is 11.3. The molecular formula is C20H25ClN2O3S. The topological polar surface area (TPSA) is 66.5 Å². The maximum Gasteiger partial charge on any atom is 0.248 e. The van der Waals surface area contributed by atoms with Gasteiger partial charge in [-0.1, -0.05) is 49.7 Å². The van der Waals surface area contributed by atoms with E-state index in [0.717, 1.165) is 27.4 Å². The fourth-order valence-electron chi connectivity index (χ4n) is 2.99. The summed E-state index contributed by atoms with van der Waals surface area (Å²) < 4.78 is 25.9. The van der Waals surface area contributed by atoms with Crippen LogP contribution in [0.1, 0.15) is 37.8 Å². The summed E-state index contributed by atoms with van der Waals surface area (Å²) in [4.78, 5) is 12.9. The lowest BCUT2D eigenvalue weighted by molar-refractivity contribution is -0.116. The molecule has 0 aliphatic rings. The largest absolute Gasteiger partial charge is 0.324 e. The number of amides is 1. The predicted molar refractivity (Wildman–Crippen MR) is 112 cm³/mol. The number of hydrogen-bond donors (Lipinski definition) is 1. The highest BCUT2D eigenvalue weighted by molar-refractivity contribution is 7.92. The van der Waals surface area contributed by atoms with Crippen LogP contribution in [0.5, 0.6) is 0 Å². The maximum atomic E-state index is 12.9. The zero-order chi connectivity index (χ0) is 20.4. The van der Waals surface area contributed by atoms with E-state index in [1.807, 2.05) is 39.0 Å². The van der Waals surface area contributed by atoms with E-state index in [-0.39, 0.29) is 5.92 Å². The van der Waals surface area contributed by atoms with Crippen LogP contribution in [-0.4, -0.2) is 26.6 Å². The van der Waals surface area contributed by atoms with Gasteiger partial charge in [0.1, 0.15) is 6.04 Å². The van der Waals surface area contributed by atoms with Crippen LogP contribution in [0.2, 0.25) is 5.02 Å². The van der Waals surface area contributed by atoms with Gasteiger partial charge in [-0.05, 0) is 49.1 Å². The lowest BCUT2D eigenvalue weighted by atomic mass is 9.98. The van der Waals surface area contributed by atoms with Crippen molar-refractivity contribution in [1.82, 2.24) is 0 Å². The van der Waals surface area contributed by atoms with Crippen LogP contribution in [0, 0.1) is 6.92 Å². The first-order valence-electron chi connectivity index (χ1n) is 8.67. The Balaban J connectivity index is 2.40. The molecule has 0 heterocycles. The Hall–Kier alpha value is -2.05. The van der Waals surface area contributed by atoms with E-state index in [1.165, 1.54) is 6.07 Å². The van der Waals surface area contributed by atoms with Gasteiger partial charge >= 0.3 is 0 Å². The van der Waals surface area contributed by atoms with E-state index >= 15 is 0 Å². The van der Waals surface area contributed by atoms with Crippen molar-refractivity contribution in [3.05, 3.63) is 58.6 Å². The van der Waals surface area contributed by atoms with Crippen LogP contribution in [-0.2, 0) is 14.8 Å². The minimum absolute atomic E-state index is 0.217. The van der Waals surface area contributed by atoms with Crippen molar-refractivity contribution < 1.29 is 13.2 Å². The lowest BCUT2D eigenvalue weighted by Crippen LogP contribution is -2.45. The van der Waals surface area contributed by atoms with Crippen LogP contribution in [0.4, 0.5) is 11.4 Å². The highest BCUT2D eigenvalue weighted by atomic mass is 35.5. The molecule has 0 spiro atoms. The van der Waals surface area contributed by atoms with E-state index in [1.54, 1.807) is 25.1 Å². The Kier molecular flexibility index (Phi) is 6.54. The number of nitrogens with zero attached hydrogens (tertiary/aromatic N) is 1. The molecule has 1 amide bonds. The van der Waals surface area contributed by atoms with Crippen LogP contribution >= 0.6 is 11.6 Å². The monoisotopic (exact) mass is 408 g/mol. The van der Waals surface area contributed by atoms with E-state index in [2.05, 4.69) is 5.32 Å². The Labute approximate surface area is 166 Å². The minimum Gasteiger partial charge on any atom is -0.324 e. The van der Waals surface area contributed by atoms with Gasteiger partial charge in [-0.15, -0.1) is 0 Å². The molecule has 2 aromatic carbocycles. The standard InChI is InChI=1S/C20H25ClN2O3S/c1-13(2)18-11-6-8-14(3)19(18)22-20(24)15(4)23(27(5,25)26)17-10-7-9-16(21)12-17/h6-13,15H,1-5H3,(H,22,24)/t15-/m0/s1. The molecule has 0 saturated carbocycles. The van der Waals surface area contributed by atoms with E-state index in [0.29, 0.717) is 10.7 Å². The molecule has 146 valence electrons. The van der Waals surface area contributed by atoms with Crippen molar-refractivity contribution in [2.24, 2.45) is 0 Å². The highest BCUT2D eigenvalue weighted by Crippen LogP contribution is 2.29. The Morgan fingerprint density at radius 3 is 2.30 bits per heavy atom. The number of carbonyl (C=O) groups is 1. The zero-order valence-corrected chi connectivity index (χ0v) is 17.7. The summed E-state index contributed by atoms with van der Waals surface area (Å²) in [5.41, 5.74) is 3.00. The summed E-state index contributed by atoms with van der Waals surface area (Å²) in [5, 5.41) is 3.32. The van der Waals surface area contributed by atoms with Crippen molar-refractivity contribution >= 4 is 38.9 Å². The number of rotatable bonds is 6. The molecule has 1 N–H and O–H groups in total. The number of benzene rings is 2. The van der Waals surface area contributed by atoms with Gasteiger partial charge in [0.15, 0.2) is 0 Å². The Morgan fingerprint density at radius 2 is 1.74 bits per heavy atom. The van der Waals surface area contributed by atoms with Gasteiger partial charge in [-0.25, -0.2) is 8.42 Å². The van der Waals surface area contributed by atoms with Crippen LogP contribution < -0.4 is 9.62 Å². The molecule has 1 atom stereocenters. The molecule has 0 aromatic heterocycles. The van der Waals surface area contributed by atoms with Gasteiger partial charge in [-0.2, -0.15) is 0 Å². The smallest absolute Gasteiger partial charge is 0.248 e. The third-order valence-electron chi connectivity index (χ3n) is 4.33. The summed E-state index contributed by atoms with van der Waals surface area (Å²) in [5.74, 6) is -0.189. The lowest BCUT2D eigenvalue weighted by Gasteiger charge is -2.29. The molecule has 0 saturated heterocycles. The second kappa shape index (κ2) is 8.31. The molecule has 7 heteroatoms. The highest BCUT2D eigenvalue weighted by Gasteiger charge is 2.30. The van der Waals surface area contributed by atoms with Crippen LogP contribution in [0.3, 0.4) is 0 Å². The molecule has 2 rings (SSSR count). The molecule has 27 heavy (non-hydrogen) atoms. The average molecular weight is 409 g/mol. The number of anilines is 2. The molecule has 0 unspecified atom stereocenters. The fourth-order valence-corrected chi connectivity index (χ4v) is 4.34. The van der Waals surface area contributed by atoms with Gasteiger partial charge in [0.2, 0.25) is 15.9 Å². The molecule has 0 aliphatic carbocycles. The van der Waals surface area contributed by atoms with Gasteiger partial charge in [-0.3, -0.25) is 9.10 Å². The summed E-state index contributed by atoms with van der Waals surface area (Å²) >= 11 is 6.01. The van der Waals surface area contributed by atoms with Crippen LogP contribution in [0.25, 0.3) is 0 Å². The second-order valence-electron chi connectivity index (χ2n) is 6.90. The number of sulfonamides is 1. The number of aryl methyl sites for hydroxylation is 1. The van der Waals surface area contributed by atoms with Gasteiger partial charge in [0.05, 0.1) is 11.9 Å². The van der Waals surface area contributed by atoms with Crippen molar-refractivity contribution in [2.45, 2.75) is 39.7 Å². The van der Waals surface area contributed by atoms with Gasteiger partial charge in [0, 0.05) is 10.7 Å². The predicted octanol–water partition coefficient (Wildman–Crippen LogP) is 4.57. The first kappa shape index (κ1) is 21.3. The fraction of sp³-hybridized carbons (Fsp3) is 0.350. The van der Waals surface area contributed by atoms with Crippen molar-refractivity contribution in [2.75, 3.05) is 15.9 Å². The molecule has 0 aliphatic heterocycles. The van der Waals surface area contributed by atoms with E-state index in [4.69, 9.17) is 11.6 Å². The minimum atomic E-state index is -3.69. The van der Waals surface area contributed by atoms with Crippen molar-refractivity contribution in [3.8, 4) is 0 Å². The molecule has 0 radical (unpaired) electrons. The third kappa shape index (κ3) is 5.02. The van der Waals surface area contributed by atoms with E-state index in [9.17, 15) is 13.2 Å². The number of para-hydroxylation sites is 1. The normalized spacial score (nSPS) is 12.7. The Bertz CT molecular complexity index is 942.